The van der Waals surface area contributed by atoms with Crippen molar-refractivity contribution in [1.82, 2.24) is 10.3 Å². The maximum atomic E-state index is 5.41. The van der Waals surface area contributed by atoms with Gasteiger partial charge in [0.25, 0.3) is 0 Å². The summed E-state index contributed by atoms with van der Waals surface area (Å²) in [7, 11) is 2.09. The topological polar surface area (TPSA) is 37.4 Å². The van der Waals surface area contributed by atoms with E-state index < -0.39 is 0 Å². The van der Waals surface area contributed by atoms with Crippen LogP contribution in [0.4, 0.5) is 5.69 Å². The maximum Gasteiger partial charge on any atom is 0.0641 e. The van der Waals surface area contributed by atoms with Gasteiger partial charge in [0.2, 0.25) is 0 Å². The predicted molar refractivity (Wildman–Crippen MR) is 80.6 cm³/mol. The summed E-state index contributed by atoms with van der Waals surface area (Å²) in [6, 6.07) is 2.06. The molecule has 1 rings (SSSR count). The summed E-state index contributed by atoms with van der Waals surface area (Å²) in [6.45, 7) is 11.8. The van der Waals surface area contributed by atoms with Gasteiger partial charge in [-0.25, -0.2) is 0 Å². The molecule has 0 saturated heterocycles. The minimum absolute atomic E-state index is 0.108. The Morgan fingerprint density at radius 1 is 1.37 bits per heavy atom. The number of rotatable bonds is 7. The molecule has 0 aliphatic rings. The Morgan fingerprint density at radius 2 is 2.11 bits per heavy atom. The quantitative estimate of drug-likeness (QED) is 0.768. The Bertz CT molecular complexity index is 374. The highest BCUT2D eigenvalue weighted by Crippen LogP contribution is 2.18. The molecular weight excluding hydrogens is 238 g/mol. The highest BCUT2D eigenvalue weighted by molar-refractivity contribution is 5.51. The lowest BCUT2D eigenvalue weighted by Crippen LogP contribution is -2.35. The predicted octanol–water partition coefficient (Wildman–Crippen LogP) is 2.44. The minimum atomic E-state index is 0.108. The van der Waals surface area contributed by atoms with Gasteiger partial charge in [-0.15, -0.1) is 0 Å². The highest BCUT2D eigenvalue weighted by Gasteiger charge is 2.12. The molecule has 4 nitrogen and oxygen atoms in total. The van der Waals surface area contributed by atoms with E-state index in [9.17, 15) is 0 Å². The van der Waals surface area contributed by atoms with Crippen LogP contribution in [-0.4, -0.2) is 37.3 Å². The number of hydrogen-bond acceptors (Lipinski definition) is 4. The van der Waals surface area contributed by atoms with Crippen LogP contribution in [0.15, 0.2) is 18.5 Å². The fourth-order valence-electron chi connectivity index (χ4n) is 1.76. The first-order valence-corrected chi connectivity index (χ1v) is 6.91. The molecule has 1 N–H and O–H groups in total. The molecule has 1 aromatic heterocycles. The van der Waals surface area contributed by atoms with Gasteiger partial charge in [-0.3, -0.25) is 4.98 Å². The third-order valence-electron chi connectivity index (χ3n) is 2.87. The Labute approximate surface area is 117 Å². The van der Waals surface area contributed by atoms with Gasteiger partial charge in [-0.05, 0) is 33.8 Å². The van der Waals surface area contributed by atoms with Gasteiger partial charge in [0.1, 0.15) is 0 Å². The average Bonchev–Trinajstić information content (AvgIpc) is 2.36. The summed E-state index contributed by atoms with van der Waals surface area (Å²) in [6.07, 6.45) is 3.78. The van der Waals surface area contributed by atoms with Gasteiger partial charge in [0, 0.05) is 55.9 Å². The van der Waals surface area contributed by atoms with Gasteiger partial charge >= 0.3 is 0 Å². The lowest BCUT2D eigenvalue weighted by molar-refractivity contribution is 0.154. The molecule has 4 heteroatoms. The molecule has 0 aliphatic heterocycles. The number of anilines is 1. The summed E-state index contributed by atoms with van der Waals surface area (Å²) in [5, 5.41) is 3.50. The molecule has 108 valence electrons. The van der Waals surface area contributed by atoms with Crippen LogP contribution in [0.3, 0.4) is 0 Å². The summed E-state index contributed by atoms with van der Waals surface area (Å²) < 4.78 is 5.41. The summed E-state index contributed by atoms with van der Waals surface area (Å²) >= 11 is 0. The van der Waals surface area contributed by atoms with Gasteiger partial charge in [-0.1, -0.05) is 0 Å². The van der Waals surface area contributed by atoms with Crippen molar-refractivity contribution in [2.75, 3.05) is 31.7 Å². The van der Waals surface area contributed by atoms with Crippen molar-refractivity contribution in [2.45, 2.75) is 39.8 Å². The van der Waals surface area contributed by atoms with E-state index >= 15 is 0 Å². The summed E-state index contributed by atoms with van der Waals surface area (Å²) in [4.78, 5) is 6.45. The summed E-state index contributed by atoms with van der Waals surface area (Å²) in [5.41, 5.74) is 2.54. The van der Waals surface area contributed by atoms with E-state index in [4.69, 9.17) is 4.74 Å². The molecule has 0 aliphatic carbocycles. The zero-order chi connectivity index (χ0) is 14.3. The molecule has 0 saturated carbocycles. The number of pyridine rings is 1. The molecule has 0 radical (unpaired) electrons. The Kier molecular flexibility index (Phi) is 6.25. The minimum Gasteiger partial charge on any atom is -0.380 e. The van der Waals surface area contributed by atoms with Crippen molar-refractivity contribution in [2.24, 2.45) is 0 Å². The second-order valence-corrected chi connectivity index (χ2v) is 5.73. The summed E-state index contributed by atoms with van der Waals surface area (Å²) in [5.74, 6) is 0. The fourth-order valence-corrected chi connectivity index (χ4v) is 1.76. The van der Waals surface area contributed by atoms with Crippen LogP contribution in [0.1, 0.15) is 33.3 Å². The van der Waals surface area contributed by atoms with Crippen LogP contribution in [0.5, 0.6) is 0 Å². The zero-order valence-corrected chi connectivity index (χ0v) is 12.9. The van der Waals surface area contributed by atoms with Crippen LogP contribution >= 0.6 is 0 Å². The molecule has 0 spiro atoms. The fraction of sp³-hybridized carbons (Fsp3) is 0.667. The normalized spacial score (nSPS) is 11.6. The lowest BCUT2D eigenvalue weighted by Gasteiger charge is -2.25. The third kappa shape index (κ3) is 6.03. The molecule has 0 atom stereocenters. The highest BCUT2D eigenvalue weighted by atomic mass is 16.5. The van der Waals surface area contributed by atoms with E-state index in [1.165, 1.54) is 11.3 Å². The van der Waals surface area contributed by atoms with E-state index in [0.29, 0.717) is 0 Å². The van der Waals surface area contributed by atoms with Crippen LogP contribution in [-0.2, 0) is 11.3 Å². The molecule has 19 heavy (non-hydrogen) atoms. The smallest absolute Gasteiger partial charge is 0.0641 e. The van der Waals surface area contributed by atoms with E-state index in [1.54, 1.807) is 0 Å². The first-order valence-electron chi connectivity index (χ1n) is 6.91. The van der Waals surface area contributed by atoms with Crippen LogP contribution < -0.4 is 10.2 Å². The largest absolute Gasteiger partial charge is 0.380 e. The van der Waals surface area contributed by atoms with Gasteiger partial charge in [0.15, 0.2) is 0 Å². The molecule has 0 amide bonds. The molecule has 0 unspecified atom stereocenters. The van der Waals surface area contributed by atoms with Gasteiger partial charge in [0.05, 0.1) is 6.61 Å². The number of likely N-dealkylation sites (N-methyl/N-ethyl adjacent to an activating group) is 1. The first-order chi connectivity index (χ1) is 8.94. The van der Waals surface area contributed by atoms with Crippen LogP contribution in [0, 0.1) is 0 Å². The standard InChI is InChI=1S/C15H27N3O/c1-6-19-10-9-18(5)14-7-8-16-11-13(14)12-17-15(2,3)4/h7-8,11,17H,6,9-10,12H2,1-5H3. The number of nitrogens with zero attached hydrogens (tertiary/aromatic N) is 2. The Balaban J connectivity index is 2.66. The Morgan fingerprint density at radius 3 is 2.74 bits per heavy atom. The van der Waals surface area contributed by atoms with E-state index in [2.05, 4.69) is 49.1 Å². The van der Waals surface area contributed by atoms with Gasteiger partial charge < -0.3 is 15.0 Å². The van der Waals surface area contributed by atoms with Crippen LogP contribution in [0.25, 0.3) is 0 Å². The van der Waals surface area contributed by atoms with Crippen molar-refractivity contribution in [1.29, 1.82) is 0 Å². The van der Waals surface area contributed by atoms with Crippen LogP contribution in [0.2, 0.25) is 0 Å². The molecule has 1 heterocycles. The van der Waals surface area contributed by atoms with E-state index in [1.807, 2.05) is 19.3 Å². The average molecular weight is 265 g/mol. The maximum absolute atomic E-state index is 5.41. The first kappa shape index (κ1) is 15.9. The second kappa shape index (κ2) is 7.46. The molecule has 0 aromatic carbocycles. The molecule has 0 fully saturated rings. The van der Waals surface area contributed by atoms with Crippen molar-refractivity contribution >= 4 is 5.69 Å². The SMILES string of the molecule is CCOCCN(C)c1ccncc1CNC(C)(C)C. The number of ether oxygens (including phenoxy) is 1. The molecular formula is C15H27N3O. The number of aromatic nitrogens is 1. The Hall–Kier alpha value is -1.13. The number of hydrogen-bond donors (Lipinski definition) is 1. The van der Waals surface area contributed by atoms with Gasteiger partial charge in [-0.2, -0.15) is 0 Å². The second-order valence-electron chi connectivity index (χ2n) is 5.73. The van der Waals surface area contributed by atoms with Crippen molar-refractivity contribution in [3.63, 3.8) is 0 Å². The van der Waals surface area contributed by atoms with Crippen molar-refractivity contribution in [3.8, 4) is 0 Å². The van der Waals surface area contributed by atoms with Crippen molar-refractivity contribution in [3.05, 3.63) is 24.0 Å². The molecule has 1 aromatic rings. The van der Waals surface area contributed by atoms with E-state index in [-0.39, 0.29) is 5.54 Å². The number of nitrogens with one attached hydrogen (secondary N) is 1. The third-order valence-corrected chi connectivity index (χ3v) is 2.87. The molecule has 0 bridgehead atoms. The van der Waals surface area contributed by atoms with E-state index in [0.717, 1.165) is 26.3 Å². The zero-order valence-electron chi connectivity index (χ0n) is 12.9. The monoisotopic (exact) mass is 265 g/mol. The van der Waals surface area contributed by atoms with Crippen molar-refractivity contribution < 1.29 is 4.74 Å². The lowest BCUT2D eigenvalue weighted by atomic mass is 10.1.